The molecule has 2 heterocycles. The molecule has 2 aliphatic rings. The van der Waals surface area contributed by atoms with Crippen molar-refractivity contribution in [3.63, 3.8) is 0 Å². The van der Waals surface area contributed by atoms with Gasteiger partial charge >= 0.3 is 0 Å². The highest BCUT2D eigenvalue weighted by Gasteiger charge is 2.42. The van der Waals surface area contributed by atoms with Crippen molar-refractivity contribution in [2.24, 2.45) is 17.8 Å². The predicted octanol–water partition coefficient (Wildman–Crippen LogP) is 2.24. The molecule has 3 unspecified atom stereocenters. The molecule has 0 aromatic heterocycles. The molecule has 1 N–H and O–H groups in total. The number of carbonyl (C=O) groups is 1. The molecule has 0 saturated carbocycles. The van der Waals surface area contributed by atoms with Crippen molar-refractivity contribution in [2.75, 3.05) is 19.8 Å². The monoisotopic (exact) mass is 282 g/mol. The van der Waals surface area contributed by atoms with Crippen molar-refractivity contribution >= 4 is 5.91 Å². The summed E-state index contributed by atoms with van der Waals surface area (Å²) in [7, 11) is 0. The Morgan fingerprint density at radius 1 is 1.30 bits per heavy atom. The van der Waals surface area contributed by atoms with Gasteiger partial charge in [0.25, 0.3) is 0 Å². The van der Waals surface area contributed by atoms with Gasteiger partial charge in [0.15, 0.2) is 0 Å². The lowest BCUT2D eigenvalue weighted by Gasteiger charge is -2.32. The van der Waals surface area contributed by atoms with Crippen LogP contribution >= 0.6 is 0 Å². The van der Waals surface area contributed by atoms with E-state index in [0.717, 1.165) is 39.0 Å². The molecule has 0 aromatic rings. The fourth-order valence-corrected chi connectivity index (χ4v) is 3.27. The number of hydrogen-bond acceptors (Lipinski definition) is 3. The van der Waals surface area contributed by atoms with E-state index in [1.807, 2.05) is 0 Å². The molecule has 2 aliphatic heterocycles. The van der Waals surface area contributed by atoms with Crippen molar-refractivity contribution in [2.45, 2.75) is 59.2 Å². The third-order valence-corrected chi connectivity index (χ3v) is 4.88. The van der Waals surface area contributed by atoms with Gasteiger partial charge in [-0.15, -0.1) is 0 Å². The summed E-state index contributed by atoms with van der Waals surface area (Å²) in [5.41, 5.74) is 0. The van der Waals surface area contributed by atoms with Crippen LogP contribution in [-0.2, 0) is 9.53 Å². The SMILES string of the molecule is CCC(C)C1NC(C(C)C)N(CC2CCOCC2)C1=O. The second-order valence-electron chi connectivity index (χ2n) is 6.77. The minimum absolute atomic E-state index is 0.00670. The van der Waals surface area contributed by atoms with Gasteiger partial charge in [-0.1, -0.05) is 34.1 Å². The van der Waals surface area contributed by atoms with E-state index in [0.29, 0.717) is 23.7 Å². The van der Waals surface area contributed by atoms with Crippen molar-refractivity contribution < 1.29 is 9.53 Å². The highest BCUT2D eigenvalue weighted by molar-refractivity contribution is 5.84. The quantitative estimate of drug-likeness (QED) is 0.841. The van der Waals surface area contributed by atoms with Crippen molar-refractivity contribution in [3.8, 4) is 0 Å². The molecule has 2 rings (SSSR count). The number of hydrogen-bond donors (Lipinski definition) is 1. The van der Waals surface area contributed by atoms with Crippen LogP contribution in [0.2, 0.25) is 0 Å². The van der Waals surface area contributed by atoms with Gasteiger partial charge < -0.3 is 9.64 Å². The van der Waals surface area contributed by atoms with E-state index >= 15 is 0 Å². The summed E-state index contributed by atoms with van der Waals surface area (Å²) in [5.74, 6) is 1.77. The highest BCUT2D eigenvalue weighted by Crippen LogP contribution is 2.26. The Labute approximate surface area is 123 Å². The standard InChI is InChI=1S/C16H30N2O2/c1-5-12(4)14-16(19)18(15(17-14)11(2)3)10-13-6-8-20-9-7-13/h11-15,17H,5-10H2,1-4H3. The van der Waals surface area contributed by atoms with Crippen LogP contribution in [0.1, 0.15) is 47.0 Å². The van der Waals surface area contributed by atoms with E-state index in [9.17, 15) is 4.79 Å². The van der Waals surface area contributed by atoms with Crippen LogP contribution < -0.4 is 5.32 Å². The van der Waals surface area contributed by atoms with Gasteiger partial charge in [0.05, 0.1) is 12.2 Å². The van der Waals surface area contributed by atoms with Crippen molar-refractivity contribution in [3.05, 3.63) is 0 Å². The Kier molecular flexibility index (Phi) is 5.44. The first-order valence-corrected chi connectivity index (χ1v) is 8.18. The Balaban J connectivity index is 2.04. The minimum atomic E-state index is 0.00670. The number of nitrogens with zero attached hydrogens (tertiary/aromatic N) is 1. The second kappa shape index (κ2) is 6.90. The van der Waals surface area contributed by atoms with Gasteiger partial charge in [0.1, 0.15) is 0 Å². The normalized spacial score (nSPS) is 30.2. The fourth-order valence-electron chi connectivity index (χ4n) is 3.27. The number of ether oxygens (including phenoxy) is 1. The molecule has 0 spiro atoms. The number of carbonyl (C=O) groups excluding carboxylic acids is 1. The lowest BCUT2D eigenvalue weighted by molar-refractivity contribution is -0.132. The van der Waals surface area contributed by atoms with E-state index in [2.05, 4.69) is 37.9 Å². The Bertz CT molecular complexity index is 326. The summed E-state index contributed by atoms with van der Waals surface area (Å²) in [5, 5.41) is 3.58. The van der Waals surface area contributed by atoms with Crippen LogP contribution in [0.5, 0.6) is 0 Å². The maximum Gasteiger partial charge on any atom is 0.241 e. The molecule has 2 saturated heterocycles. The summed E-state index contributed by atoms with van der Waals surface area (Å²) in [4.78, 5) is 14.8. The molecule has 4 heteroatoms. The van der Waals surface area contributed by atoms with Gasteiger partial charge in [-0.3, -0.25) is 10.1 Å². The van der Waals surface area contributed by atoms with Crippen LogP contribution in [0.3, 0.4) is 0 Å². The maximum absolute atomic E-state index is 12.7. The van der Waals surface area contributed by atoms with Crippen LogP contribution in [0, 0.1) is 17.8 Å². The van der Waals surface area contributed by atoms with Crippen molar-refractivity contribution in [1.82, 2.24) is 10.2 Å². The molecule has 0 radical (unpaired) electrons. The first-order chi connectivity index (χ1) is 9.54. The van der Waals surface area contributed by atoms with Crippen molar-refractivity contribution in [1.29, 1.82) is 0 Å². The third-order valence-electron chi connectivity index (χ3n) is 4.88. The number of rotatable bonds is 5. The topological polar surface area (TPSA) is 41.6 Å². The first-order valence-electron chi connectivity index (χ1n) is 8.18. The molecule has 2 fully saturated rings. The first kappa shape index (κ1) is 15.8. The van der Waals surface area contributed by atoms with Gasteiger partial charge in [-0.25, -0.2) is 0 Å². The molecular weight excluding hydrogens is 252 g/mol. The average Bonchev–Trinajstić information content (AvgIpc) is 2.77. The average molecular weight is 282 g/mol. The Morgan fingerprint density at radius 3 is 2.50 bits per heavy atom. The molecule has 116 valence electrons. The summed E-state index contributed by atoms with van der Waals surface area (Å²) in [6, 6.07) is 0.00670. The van der Waals surface area contributed by atoms with Gasteiger partial charge in [-0.2, -0.15) is 0 Å². The maximum atomic E-state index is 12.7. The van der Waals surface area contributed by atoms with E-state index in [1.165, 1.54) is 0 Å². The van der Waals surface area contributed by atoms with Gasteiger partial charge in [0.2, 0.25) is 5.91 Å². The second-order valence-corrected chi connectivity index (χ2v) is 6.77. The van der Waals surface area contributed by atoms with Crippen LogP contribution in [0.4, 0.5) is 0 Å². The minimum Gasteiger partial charge on any atom is -0.381 e. The predicted molar refractivity (Wildman–Crippen MR) is 80.3 cm³/mol. The number of amides is 1. The fraction of sp³-hybridized carbons (Fsp3) is 0.938. The molecule has 0 bridgehead atoms. The zero-order valence-electron chi connectivity index (χ0n) is 13.4. The molecule has 1 amide bonds. The molecular formula is C16H30N2O2. The van der Waals surface area contributed by atoms with Gasteiger partial charge in [-0.05, 0) is 30.6 Å². The Hall–Kier alpha value is -0.610. The van der Waals surface area contributed by atoms with Crippen LogP contribution in [0.15, 0.2) is 0 Å². The molecule has 0 aliphatic carbocycles. The molecule has 3 atom stereocenters. The van der Waals surface area contributed by atoms with E-state index in [4.69, 9.17) is 4.74 Å². The third kappa shape index (κ3) is 3.34. The van der Waals surface area contributed by atoms with Gasteiger partial charge in [0, 0.05) is 19.8 Å². The van der Waals surface area contributed by atoms with E-state index in [-0.39, 0.29) is 12.2 Å². The summed E-state index contributed by atoms with van der Waals surface area (Å²) in [6.45, 7) is 11.3. The van der Waals surface area contributed by atoms with E-state index < -0.39 is 0 Å². The summed E-state index contributed by atoms with van der Waals surface area (Å²) >= 11 is 0. The Morgan fingerprint density at radius 2 is 1.95 bits per heavy atom. The lowest BCUT2D eigenvalue weighted by Crippen LogP contribution is -2.44. The zero-order chi connectivity index (χ0) is 14.7. The molecule has 0 aromatic carbocycles. The molecule has 20 heavy (non-hydrogen) atoms. The van der Waals surface area contributed by atoms with Crippen LogP contribution in [-0.4, -0.2) is 42.8 Å². The molecule has 4 nitrogen and oxygen atoms in total. The zero-order valence-corrected chi connectivity index (χ0v) is 13.4. The lowest BCUT2D eigenvalue weighted by atomic mass is 9.97. The van der Waals surface area contributed by atoms with E-state index in [1.54, 1.807) is 0 Å². The van der Waals surface area contributed by atoms with Crippen LogP contribution in [0.25, 0.3) is 0 Å². The summed E-state index contributed by atoms with van der Waals surface area (Å²) in [6.07, 6.45) is 3.41. The number of nitrogens with one attached hydrogen (secondary N) is 1. The largest absolute Gasteiger partial charge is 0.381 e. The highest BCUT2D eigenvalue weighted by atomic mass is 16.5. The smallest absolute Gasteiger partial charge is 0.241 e. The summed E-state index contributed by atoms with van der Waals surface area (Å²) < 4.78 is 5.42.